The van der Waals surface area contributed by atoms with Crippen LogP contribution in [-0.4, -0.2) is 31.7 Å². The lowest BCUT2D eigenvalue weighted by Crippen LogP contribution is -2.09. The summed E-state index contributed by atoms with van der Waals surface area (Å²) >= 11 is 6.19. The number of aromatic nitrogens is 5. The number of nitrogen functional groups attached to an aromatic ring is 1. The van der Waals surface area contributed by atoms with Crippen LogP contribution in [0.15, 0.2) is 24.3 Å². The van der Waals surface area contributed by atoms with Crippen LogP contribution in [0, 0.1) is 13.8 Å². The van der Waals surface area contributed by atoms with Crippen molar-refractivity contribution in [1.82, 2.24) is 25.1 Å². The fourth-order valence-corrected chi connectivity index (χ4v) is 2.56. The molecule has 0 aliphatic carbocycles. The van der Waals surface area contributed by atoms with Crippen LogP contribution in [0.1, 0.15) is 17.2 Å². The molecule has 4 N–H and O–H groups in total. The van der Waals surface area contributed by atoms with Gasteiger partial charge in [-0.25, -0.2) is 9.97 Å². The van der Waals surface area contributed by atoms with Crippen LogP contribution in [0.4, 0.5) is 11.8 Å². The minimum atomic E-state index is 0.211. The number of H-pyrrole nitrogens is 1. The Kier molecular flexibility index (Phi) is 4.61. The Morgan fingerprint density at radius 2 is 2.04 bits per heavy atom. The van der Waals surface area contributed by atoms with Crippen molar-refractivity contribution in [3.63, 3.8) is 0 Å². The van der Waals surface area contributed by atoms with Gasteiger partial charge < -0.3 is 11.1 Å². The second kappa shape index (κ2) is 6.84. The zero-order chi connectivity index (χ0) is 17.1. The highest BCUT2D eigenvalue weighted by Crippen LogP contribution is 2.28. The summed E-state index contributed by atoms with van der Waals surface area (Å²) in [6.45, 7) is 4.46. The van der Waals surface area contributed by atoms with Gasteiger partial charge in [-0.1, -0.05) is 23.7 Å². The molecule has 0 saturated carbocycles. The van der Waals surface area contributed by atoms with E-state index in [1.165, 1.54) is 0 Å². The first-order valence-electron chi connectivity index (χ1n) is 7.54. The Bertz CT molecular complexity index is 859. The van der Waals surface area contributed by atoms with Gasteiger partial charge in [0.2, 0.25) is 5.95 Å². The van der Waals surface area contributed by atoms with E-state index in [9.17, 15) is 0 Å². The summed E-state index contributed by atoms with van der Waals surface area (Å²) in [6.07, 6.45) is 0.680. The summed E-state index contributed by atoms with van der Waals surface area (Å²) in [5.41, 5.74) is 8.47. The van der Waals surface area contributed by atoms with Crippen LogP contribution in [0.25, 0.3) is 11.3 Å². The maximum absolute atomic E-state index is 6.19. The van der Waals surface area contributed by atoms with Gasteiger partial charge in [0.15, 0.2) is 5.82 Å². The van der Waals surface area contributed by atoms with Crippen LogP contribution in [0.2, 0.25) is 5.02 Å². The molecule has 2 aromatic heterocycles. The van der Waals surface area contributed by atoms with Gasteiger partial charge in [0.05, 0.1) is 5.69 Å². The lowest BCUT2D eigenvalue weighted by molar-refractivity contribution is 0.896. The molecule has 0 saturated heterocycles. The zero-order valence-corrected chi connectivity index (χ0v) is 14.2. The number of aromatic amines is 1. The van der Waals surface area contributed by atoms with Gasteiger partial charge in [-0.15, -0.1) is 0 Å². The highest BCUT2D eigenvalue weighted by molar-refractivity contribution is 6.31. The van der Waals surface area contributed by atoms with E-state index in [0.717, 1.165) is 28.5 Å². The molecule has 24 heavy (non-hydrogen) atoms. The minimum absolute atomic E-state index is 0.211. The quantitative estimate of drug-likeness (QED) is 0.657. The molecule has 0 aliphatic rings. The van der Waals surface area contributed by atoms with Gasteiger partial charge in [0.1, 0.15) is 11.6 Å². The zero-order valence-electron chi connectivity index (χ0n) is 13.5. The molecule has 3 aromatic rings. The SMILES string of the molecule is Cc1nc(CCNc2cc(-c3cccc(Cl)c3C)nc(N)n2)n[nH]1. The van der Waals surface area contributed by atoms with Crippen molar-refractivity contribution >= 4 is 23.4 Å². The van der Waals surface area contributed by atoms with Crippen molar-refractivity contribution in [3.8, 4) is 11.3 Å². The molecule has 1 aromatic carbocycles. The predicted molar refractivity (Wildman–Crippen MR) is 94.9 cm³/mol. The average Bonchev–Trinajstić information content (AvgIpc) is 2.95. The van der Waals surface area contributed by atoms with Crippen LogP contribution in [0.5, 0.6) is 0 Å². The smallest absolute Gasteiger partial charge is 0.222 e. The van der Waals surface area contributed by atoms with E-state index in [1.54, 1.807) is 0 Å². The van der Waals surface area contributed by atoms with Crippen molar-refractivity contribution < 1.29 is 0 Å². The minimum Gasteiger partial charge on any atom is -0.369 e. The number of nitrogens with zero attached hydrogens (tertiary/aromatic N) is 4. The van der Waals surface area contributed by atoms with Gasteiger partial charge in [0, 0.05) is 29.6 Å². The fourth-order valence-electron chi connectivity index (χ4n) is 2.38. The molecule has 124 valence electrons. The van der Waals surface area contributed by atoms with Crippen LogP contribution in [0.3, 0.4) is 0 Å². The molecule has 7 nitrogen and oxygen atoms in total. The van der Waals surface area contributed by atoms with Crippen molar-refractivity contribution in [3.05, 3.63) is 46.5 Å². The highest BCUT2D eigenvalue weighted by Gasteiger charge is 2.09. The van der Waals surface area contributed by atoms with E-state index in [-0.39, 0.29) is 5.95 Å². The van der Waals surface area contributed by atoms with Crippen molar-refractivity contribution in [1.29, 1.82) is 0 Å². The van der Waals surface area contributed by atoms with E-state index in [1.807, 2.05) is 38.1 Å². The van der Waals surface area contributed by atoms with Crippen molar-refractivity contribution in [2.45, 2.75) is 20.3 Å². The highest BCUT2D eigenvalue weighted by atomic mass is 35.5. The standard InChI is InChI=1S/C16H18ClN7/c1-9-11(4-3-5-12(9)17)13-8-15(22-16(18)21-13)19-7-6-14-20-10(2)23-24-14/h3-5,8H,6-7H2,1-2H3,(H,20,23,24)(H3,18,19,21,22). The number of nitrogens with two attached hydrogens (primary N) is 1. The number of hydrogen-bond acceptors (Lipinski definition) is 6. The molecule has 0 atom stereocenters. The van der Waals surface area contributed by atoms with Crippen LogP contribution < -0.4 is 11.1 Å². The number of benzene rings is 1. The first-order valence-corrected chi connectivity index (χ1v) is 7.92. The number of nitrogens with one attached hydrogen (secondary N) is 2. The van der Waals surface area contributed by atoms with Crippen molar-refractivity contribution in [2.24, 2.45) is 0 Å². The van der Waals surface area contributed by atoms with E-state index in [0.29, 0.717) is 23.8 Å². The normalized spacial score (nSPS) is 10.8. The van der Waals surface area contributed by atoms with Crippen LogP contribution >= 0.6 is 11.6 Å². The fraction of sp³-hybridized carbons (Fsp3) is 0.250. The maximum Gasteiger partial charge on any atom is 0.222 e. The summed E-state index contributed by atoms with van der Waals surface area (Å²) in [5.74, 6) is 2.43. The number of aryl methyl sites for hydroxylation is 1. The molecule has 0 amide bonds. The topological polar surface area (TPSA) is 105 Å². The Morgan fingerprint density at radius 3 is 2.79 bits per heavy atom. The molecular formula is C16H18ClN7. The largest absolute Gasteiger partial charge is 0.369 e. The lowest BCUT2D eigenvalue weighted by Gasteiger charge is -2.10. The lowest BCUT2D eigenvalue weighted by atomic mass is 10.1. The Balaban J connectivity index is 1.77. The number of hydrogen-bond donors (Lipinski definition) is 3. The maximum atomic E-state index is 6.19. The summed E-state index contributed by atoms with van der Waals surface area (Å²) < 4.78 is 0. The van der Waals surface area contributed by atoms with E-state index >= 15 is 0 Å². The van der Waals surface area contributed by atoms with E-state index < -0.39 is 0 Å². The third-order valence-corrected chi connectivity index (χ3v) is 3.99. The van der Waals surface area contributed by atoms with Gasteiger partial charge in [-0.3, -0.25) is 5.10 Å². The van der Waals surface area contributed by atoms with Gasteiger partial charge in [0.25, 0.3) is 0 Å². The second-order valence-corrected chi connectivity index (χ2v) is 5.83. The molecule has 0 aliphatic heterocycles. The number of halogens is 1. The molecular weight excluding hydrogens is 326 g/mol. The van der Waals surface area contributed by atoms with Crippen molar-refractivity contribution in [2.75, 3.05) is 17.6 Å². The summed E-state index contributed by atoms with van der Waals surface area (Å²) in [6, 6.07) is 7.56. The summed E-state index contributed by atoms with van der Waals surface area (Å²) in [4.78, 5) is 12.8. The first-order chi connectivity index (χ1) is 11.5. The number of anilines is 2. The molecule has 0 fully saturated rings. The molecule has 0 bridgehead atoms. The summed E-state index contributed by atoms with van der Waals surface area (Å²) in [5, 5.41) is 10.8. The third kappa shape index (κ3) is 3.62. The first kappa shape index (κ1) is 16.2. The number of rotatable bonds is 5. The second-order valence-electron chi connectivity index (χ2n) is 5.42. The molecule has 0 radical (unpaired) electrons. The Morgan fingerprint density at radius 1 is 1.21 bits per heavy atom. The monoisotopic (exact) mass is 343 g/mol. The molecule has 0 spiro atoms. The van der Waals surface area contributed by atoms with E-state index in [4.69, 9.17) is 17.3 Å². The molecule has 3 rings (SSSR count). The molecule has 0 unspecified atom stereocenters. The van der Waals surface area contributed by atoms with Crippen LogP contribution in [-0.2, 0) is 6.42 Å². The third-order valence-electron chi connectivity index (χ3n) is 3.59. The molecule has 8 heteroatoms. The Hall–Kier alpha value is -2.67. The van der Waals surface area contributed by atoms with Gasteiger partial charge in [-0.05, 0) is 25.5 Å². The average molecular weight is 344 g/mol. The molecule has 2 heterocycles. The Labute approximate surface area is 144 Å². The summed E-state index contributed by atoms with van der Waals surface area (Å²) in [7, 11) is 0. The predicted octanol–water partition coefficient (Wildman–Crippen LogP) is 2.77. The van der Waals surface area contributed by atoms with Gasteiger partial charge >= 0.3 is 0 Å². The van der Waals surface area contributed by atoms with E-state index in [2.05, 4.69) is 30.5 Å². The van der Waals surface area contributed by atoms with Gasteiger partial charge in [-0.2, -0.15) is 10.1 Å².